The minimum atomic E-state index is -0.423. The summed E-state index contributed by atoms with van der Waals surface area (Å²) in [5.74, 6) is -0.407. The molecule has 0 fully saturated rings. The van der Waals surface area contributed by atoms with Gasteiger partial charge in [-0.15, -0.1) is 0 Å². The van der Waals surface area contributed by atoms with E-state index < -0.39 is 11.7 Å². The first-order chi connectivity index (χ1) is 17.1. The third kappa shape index (κ3) is 6.48. The topological polar surface area (TPSA) is 72.8 Å². The van der Waals surface area contributed by atoms with Gasteiger partial charge in [-0.2, -0.15) is 5.10 Å². The Morgan fingerprint density at radius 3 is 2.23 bits per heavy atom. The van der Waals surface area contributed by atoms with Crippen molar-refractivity contribution < 1.29 is 23.0 Å². The van der Waals surface area contributed by atoms with Crippen LogP contribution in [-0.4, -0.2) is 17.1 Å². The normalized spacial score (nSPS) is 10.8. The first-order valence-electron chi connectivity index (χ1n) is 10.7. The molecule has 1 heterocycles. The highest BCUT2D eigenvalue weighted by molar-refractivity contribution is 5.94. The van der Waals surface area contributed by atoms with Gasteiger partial charge in [0.05, 0.1) is 11.8 Å². The van der Waals surface area contributed by atoms with E-state index >= 15 is 0 Å². The van der Waals surface area contributed by atoms with E-state index in [1.165, 1.54) is 24.5 Å². The van der Waals surface area contributed by atoms with Gasteiger partial charge in [-0.05, 0) is 36.4 Å². The second-order valence-corrected chi connectivity index (χ2v) is 7.40. The number of aromatic nitrogens is 1. The minimum absolute atomic E-state index is 0.0219. The van der Waals surface area contributed by atoms with Crippen LogP contribution in [0.15, 0.2) is 96.4 Å². The summed E-state index contributed by atoms with van der Waals surface area (Å²) < 4.78 is 39.5. The molecule has 0 aliphatic carbocycles. The van der Waals surface area contributed by atoms with Crippen molar-refractivity contribution in [3.63, 3.8) is 0 Å². The number of pyridine rings is 1. The van der Waals surface area contributed by atoms with Crippen molar-refractivity contribution in [2.45, 2.75) is 13.2 Å². The molecule has 0 bridgehead atoms. The fourth-order valence-electron chi connectivity index (χ4n) is 3.11. The molecule has 1 N–H and O–H groups in total. The molecule has 35 heavy (non-hydrogen) atoms. The number of hydrazone groups is 1. The first kappa shape index (κ1) is 23.6. The number of halogens is 2. The number of carbonyl (C=O) groups excluding carboxylic acids is 1. The smallest absolute Gasteiger partial charge is 0.272 e. The van der Waals surface area contributed by atoms with Crippen LogP contribution in [0.2, 0.25) is 0 Å². The Morgan fingerprint density at radius 2 is 1.57 bits per heavy atom. The van der Waals surface area contributed by atoms with E-state index in [-0.39, 0.29) is 19.0 Å². The molecule has 4 rings (SSSR count). The lowest BCUT2D eigenvalue weighted by Crippen LogP contribution is -2.17. The van der Waals surface area contributed by atoms with Gasteiger partial charge < -0.3 is 9.47 Å². The van der Waals surface area contributed by atoms with Gasteiger partial charge in [0.1, 0.15) is 36.3 Å². The average molecular weight is 473 g/mol. The molecule has 3 aromatic carbocycles. The minimum Gasteiger partial charge on any atom is -0.489 e. The predicted octanol–water partition coefficient (Wildman–Crippen LogP) is 5.28. The lowest BCUT2D eigenvalue weighted by molar-refractivity contribution is 0.0954. The van der Waals surface area contributed by atoms with Crippen LogP contribution in [0.3, 0.4) is 0 Å². The van der Waals surface area contributed by atoms with Gasteiger partial charge >= 0.3 is 0 Å². The van der Waals surface area contributed by atoms with Crippen LogP contribution >= 0.6 is 0 Å². The van der Waals surface area contributed by atoms with Gasteiger partial charge in [0, 0.05) is 35.2 Å². The van der Waals surface area contributed by atoms with Crippen molar-refractivity contribution in [2.24, 2.45) is 5.10 Å². The number of benzene rings is 3. The molecule has 1 aromatic heterocycles. The van der Waals surface area contributed by atoms with Crippen molar-refractivity contribution in [3.8, 4) is 11.5 Å². The molecule has 6 nitrogen and oxygen atoms in total. The SMILES string of the molecule is O=C(N/N=C\c1ccc(OCc2ccccc2F)cc1OCc1ccccc1F)c1cccnc1. The highest BCUT2D eigenvalue weighted by atomic mass is 19.1. The summed E-state index contributed by atoms with van der Waals surface area (Å²) in [6, 6.07) is 20.8. The number of amides is 1. The molecule has 0 atom stereocenters. The molecule has 1 amide bonds. The second kappa shape index (κ2) is 11.5. The largest absolute Gasteiger partial charge is 0.489 e. The lowest BCUT2D eigenvalue weighted by Gasteiger charge is -2.13. The van der Waals surface area contributed by atoms with E-state index in [4.69, 9.17) is 9.47 Å². The molecule has 4 aromatic rings. The van der Waals surface area contributed by atoms with E-state index in [0.717, 1.165) is 0 Å². The summed E-state index contributed by atoms with van der Waals surface area (Å²) in [4.78, 5) is 16.1. The van der Waals surface area contributed by atoms with Crippen LogP contribution in [0, 0.1) is 11.6 Å². The molecule has 8 heteroatoms. The fraction of sp³-hybridized carbons (Fsp3) is 0.0741. The van der Waals surface area contributed by atoms with E-state index in [1.807, 2.05) is 0 Å². The van der Waals surface area contributed by atoms with Crippen LogP contribution in [0.5, 0.6) is 11.5 Å². The molecule has 0 spiro atoms. The Morgan fingerprint density at radius 1 is 0.886 bits per heavy atom. The molecular formula is C27H21F2N3O3. The fourth-order valence-corrected chi connectivity index (χ4v) is 3.11. The maximum absolute atomic E-state index is 14.1. The number of ether oxygens (including phenoxy) is 2. The highest BCUT2D eigenvalue weighted by Crippen LogP contribution is 2.26. The molecule has 0 radical (unpaired) electrons. The Balaban J connectivity index is 1.51. The molecule has 0 aliphatic rings. The van der Waals surface area contributed by atoms with E-state index in [0.29, 0.717) is 33.8 Å². The monoisotopic (exact) mass is 473 g/mol. The van der Waals surface area contributed by atoms with Crippen molar-refractivity contribution in [3.05, 3.63) is 125 Å². The third-order valence-corrected chi connectivity index (χ3v) is 4.97. The Labute approximate surface area is 200 Å². The van der Waals surface area contributed by atoms with Crippen LogP contribution in [0.25, 0.3) is 0 Å². The number of nitrogens with zero attached hydrogens (tertiary/aromatic N) is 2. The van der Waals surface area contributed by atoms with Crippen molar-refractivity contribution >= 4 is 12.1 Å². The van der Waals surface area contributed by atoms with Crippen LogP contribution in [0.1, 0.15) is 27.0 Å². The summed E-state index contributed by atoms with van der Waals surface area (Å²) in [5, 5.41) is 3.99. The number of nitrogens with one attached hydrogen (secondary N) is 1. The van der Waals surface area contributed by atoms with E-state index in [2.05, 4.69) is 15.5 Å². The lowest BCUT2D eigenvalue weighted by atomic mass is 10.2. The Hall–Kier alpha value is -4.59. The molecular weight excluding hydrogens is 452 g/mol. The predicted molar refractivity (Wildman–Crippen MR) is 127 cm³/mol. The molecule has 0 saturated heterocycles. The number of hydrogen-bond donors (Lipinski definition) is 1. The summed E-state index contributed by atoms with van der Waals surface area (Å²) in [7, 11) is 0. The van der Waals surface area contributed by atoms with Gasteiger partial charge in [-0.25, -0.2) is 14.2 Å². The zero-order valence-electron chi connectivity index (χ0n) is 18.5. The van der Waals surface area contributed by atoms with Gasteiger partial charge in [0.15, 0.2) is 0 Å². The summed E-state index contributed by atoms with van der Waals surface area (Å²) >= 11 is 0. The van der Waals surface area contributed by atoms with E-state index in [9.17, 15) is 13.6 Å². The van der Waals surface area contributed by atoms with Crippen molar-refractivity contribution in [1.82, 2.24) is 10.4 Å². The number of rotatable bonds is 9. The maximum atomic E-state index is 14.1. The highest BCUT2D eigenvalue weighted by Gasteiger charge is 2.10. The maximum Gasteiger partial charge on any atom is 0.272 e. The van der Waals surface area contributed by atoms with Crippen molar-refractivity contribution in [1.29, 1.82) is 0 Å². The summed E-state index contributed by atoms with van der Waals surface area (Å²) in [6.45, 7) is -0.0135. The van der Waals surface area contributed by atoms with Gasteiger partial charge in [0.2, 0.25) is 0 Å². The quantitative estimate of drug-likeness (QED) is 0.265. The van der Waals surface area contributed by atoms with Gasteiger partial charge in [-0.1, -0.05) is 36.4 Å². The number of carbonyl (C=O) groups is 1. The van der Waals surface area contributed by atoms with Crippen LogP contribution in [-0.2, 0) is 13.2 Å². The van der Waals surface area contributed by atoms with Gasteiger partial charge in [0.25, 0.3) is 5.91 Å². The summed E-state index contributed by atoms with van der Waals surface area (Å²) in [6.07, 6.45) is 4.40. The zero-order chi connectivity index (χ0) is 24.5. The molecule has 0 aliphatic heterocycles. The molecule has 0 unspecified atom stereocenters. The summed E-state index contributed by atoms with van der Waals surface area (Å²) in [5.41, 5.74) is 4.09. The second-order valence-electron chi connectivity index (χ2n) is 7.40. The zero-order valence-corrected chi connectivity index (χ0v) is 18.5. The van der Waals surface area contributed by atoms with Crippen LogP contribution < -0.4 is 14.9 Å². The third-order valence-electron chi connectivity index (χ3n) is 4.97. The standard InChI is InChI=1S/C27H21F2N3O3/c28-24-9-3-1-6-21(24)17-34-23-12-11-19(16-31-32-27(33)20-8-5-13-30-15-20)26(14-23)35-18-22-7-2-4-10-25(22)29/h1-16H,17-18H2,(H,32,33)/b31-16-. The molecule has 0 saturated carbocycles. The van der Waals surface area contributed by atoms with Gasteiger partial charge in [-0.3, -0.25) is 9.78 Å². The Bertz CT molecular complexity index is 1330. The molecule has 176 valence electrons. The first-order valence-corrected chi connectivity index (χ1v) is 10.7. The van der Waals surface area contributed by atoms with E-state index in [1.54, 1.807) is 72.9 Å². The Kier molecular flexibility index (Phi) is 7.75. The number of hydrogen-bond acceptors (Lipinski definition) is 5. The van der Waals surface area contributed by atoms with Crippen LogP contribution in [0.4, 0.5) is 8.78 Å². The average Bonchev–Trinajstić information content (AvgIpc) is 2.89. The van der Waals surface area contributed by atoms with Crippen molar-refractivity contribution in [2.75, 3.05) is 0 Å².